The van der Waals surface area contributed by atoms with E-state index in [1.807, 2.05) is 12.1 Å². The largest absolute Gasteiger partial charge is 0.493 e. The van der Waals surface area contributed by atoms with E-state index in [9.17, 15) is 4.79 Å². The van der Waals surface area contributed by atoms with Crippen LogP contribution in [-0.4, -0.2) is 57.0 Å². The summed E-state index contributed by atoms with van der Waals surface area (Å²) in [6.45, 7) is 6.47. The molecule has 7 rings (SSSR count). The number of aryl methyl sites for hydroxylation is 1. The van der Waals surface area contributed by atoms with E-state index >= 15 is 0 Å². The summed E-state index contributed by atoms with van der Waals surface area (Å²) in [5.74, 6) is 2.55. The normalized spacial score (nSPS) is 24.2. The molecule has 3 aromatic rings. The fourth-order valence-corrected chi connectivity index (χ4v) is 8.07. The monoisotopic (exact) mass is 590 g/mol. The van der Waals surface area contributed by atoms with E-state index in [1.165, 1.54) is 38.9 Å². The molecule has 1 spiro atoms. The zero-order valence-electron chi connectivity index (χ0n) is 26.7. The molecule has 6 nitrogen and oxygen atoms in total. The summed E-state index contributed by atoms with van der Waals surface area (Å²) >= 11 is 0. The van der Waals surface area contributed by atoms with Crippen molar-refractivity contribution in [3.63, 3.8) is 0 Å². The predicted octanol–water partition coefficient (Wildman–Crippen LogP) is 6.36. The Bertz CT molecular complexity index is 1720. The minimum Gasteiger partial charge on any atom is -0.493 e. The molecule has 2 aliphatic carbocycles. The SMILES string of the molecule is COc1cc2c(cc1OC)C(Cc1cccc(OC3=CC4(C=CC3=O)CC3c5c(cc(C)c(C)c54)CCN3C)c1)N(C)CC2. The number of methoxy groups -OCH3 is 2. The summed E-state index contributed by atoms with van der Waals surface area (Å²) in [6, 6.07) is 15.4. The first-order valence-electron chi connectivity index (χ1n) is 15.7. The van der Waals surface area contributed by atoms with Crippen molar-refractivity contribution in [1.29, 1.82) is 0 Å². The summed E-state index contributed by atoms with van der Waals surface area (Å²) < 4.78 is 17.7. The first-order chi connectivity index (χ1) is 21.2. The number of carbonyl (C=O) groups excluding carboxylic acids is 1. The highest BCUT2D eigenvalue weighted by atomic mass is 16.5. The number of likely N-dealkylation sites (N-methyl/N-ethyl adjacent to an activating group) is 2. The van der Waals surface area contributed by atoms with Crippen molar-refractivity contribution < 1.29 is 19.0 Å². The summed E-state index contributed by atoms with van der Waals surface area (Å²) in [7, 11) is 7.78. The number of carbonyl (C=O) groups is 1. The lowest BCUT2D eigenvalue weighted by molar-refractivity contribution is -0.113. The number of hydrogen-bond acceptors (Lipinski definition) is 6. The zero-order chi connectivity index (χ0) is 30.7. The van der Waals surface area contributed by atoms with E-state index in [0.717, 1.165) is 55.8 Å². The van der Waals surface area contributed by atoms with Gasteiger partial charge in [-0.15, -0.1) is 0 Å². The minimum absolute atomic E-state index is 0.0817. The van der Waals surface area contributed by atoms with E-state index in [-0.39, 0.29) is 17.2 Å². The molecule has 0 bridgehead atoms. The van der Waals surface area contributed by atoms with Crippen LogP contribution < -0.4 is 14.2 Å². The highest BCUT2D eigenvalue weighted by molar-refractivity contribution is 6.04. The maximum absolute atomic E-state index is 13.3. The number of ether oxygens (including phenoxy) is 3. The fraction of sp³-hybridized carbons (Fsp3) is 0.395. The first-order valence-corrected chi connectivity index (χ1v) is 15.7. The third-order valence-corrected chi connectivity index (χ3v) is 10.6. The van der Waals surface area contributed by atoms with Crippen molar-refractivity contribution in [3.8, 4) is 17.2 Å². The van der Waals surface area contributed by atoms with Crippen molar-refractivity contribution >= 4 is 5.78 Å². The molecule has 0 N–H and O–H groups in total. The third-order valence-electron chi connectivity index (χ3n) is 10.6. The summed E-state index contributed by atoms with van der Waals surface area (Å²) in [4.78, 5) is 18.2. The van der Waals surface area contributed by atoms with Crippen LogP contribution in [0.1, 0.15) is 63.0 Å². The Morgan fingerprint density at radius 1 is 0.932 bits per heavy atom. The number of rotatable bonds is 6. The van der Waals surface area contributed by atoms with Gasteiger partial charge in [-0.2, -0.15) is 0 Å². The van der Waals surface area contributed by atoms with Crippen LogP contribution in [0.3, 0.4) is 0 Å². The maximum atomic E-state index is 13.3. The quantitative estimate of drug-likeness (QED) is 0.333. The van der Waals surface area contributed by atoms with Crippen LogP contribution in [0.5, 0.6) is 17.2 Å². The lowest BCUT2D eigenvalue weighted by Gasteiger charge is -2.35. The van der Waals surface area contributed by atoms with Gasteiger partial charge >= 0.3 is 0 Å². The topological polar surface area (TPSA) is 51.2 Å². The van der Waals surface area contributed by atoms with Crippen LogP contribution in [-0.2, 0) is 29.5 Å². The molecule has 0 aromatic heterocycles. The Kier molecular flexibility index (Phi) is 7.18. The summed E-state index contributed by atoms with van der Waals surface area (Å²) in [5, 5.41) is 0. The molecule has 228 valence electrons. The molecule has 6 heteroatoms. The molecule has 0 fully saturated rings. The number of benzene rings is 3. The Morgan fingerprint density at radius 3 is 2.48 bits per heavy atom. The molecule has 0 saturated carbocycles. The highest BCUT2D eigenvalue weighted by Crippen LogP contribution is 2.55. The van der Waals surface area contributed by atoms with E-state index in [4.69, 9.17) is 14.2 Å². The summed E-state index contributed by atoms with van der Waals surface area (Å²) in [6.07, 6.45) is 9.76. The van der Waals surface area contributed by atoms with Crippen molar-refractivity contribution in [1.82, 2.24) is 9.80 Å². The number of fused-ring (bicyclic) bond motifs is 2. The number of ketones is 1. The summed E-state index contributed by atoms with van der Waals surface area (Å²) in [5.41, 5.74) is 10.3. The maximum Gasteiger partial charge on any atom is 0.220 e. The number of hydrogen-bond donors (Lipinski definition) is 0. The van der Waals surface area contributed by atoms with Crippen LogP contribution >= 0.6 is 0 Å². The minimum atomic E-state index is -0.348. The Balaban J connectivity index is 1.20. The van der Waals surface area contributed by atoms with Gasteiger partial charge in [0.2, 0.25) is 5.78 Å². The van der Waals surface area contributed by atoms with Crippen LogP contribution in [0.15, 0.2) is 66.5 Å². The van der Waals surface area contributed by atoms with Crippen molar-refractivity contribution in [2.75, 3.05) is 41.4 Å². The average Bonchev–Trinajstić information content (AvgIpc) is 3.36. The van der Waals surface area contributed by atoms with Gasteiger partial charge in [-0.1, -0.05) is 24.3 Å². The van der Waals surface area contributed by atoms with E-state index < -0.39 is 0 Å². The Hall–Kier alpha value is -3.87. The van der Waals surface area contributed by atoms with Gasteiger partial charge < -0.3 is 14.2 Å². The van der Waals surface area contributed by atoms with Crippen LogP contribution in [0.25, 0.3) is 0 Å². The average molecular weight is 591 g/mol. The second kappa shape index (κ2) is 10.9. The zero-order valence-corrected chi connectivity index (χ0v) is 26.7. The molecule has 3 unspecified atom stereocenters. The molecular weight excluding hydrogens is 548 g/mol. The third kappa shape index (κ3) is 4.67. The van der Waals surface area contributed by atoms with Gasteiger partial charge in [0.15, 0.2) is 17.3 Å². The van der Waals surface area contributed by atoms with Gasteiger partial charge in [0.25, 0.3) is 0 Å². The molecular formula is C38H42N2O4. The molecule has 0 radical (unpaired) electrons. The van der Waals surface area contributed by atoms with Crippen LogP contribution in [0, 0.1) is 13.8 Å². The van der Waals surface area contributed by atoms with Crippen LogP contribution in [0.4, 0.5) is 0 Å². The predicted molar refractivity (Wildman–Crippen MR) is 173 cm³/mol. The lowest BCUT2D eigenvalue weighted by Crippen LogP contribution is -2.33. The number of allylic oxidation sites excluding steroid dienone is 3. The fourth-order valence-electron chi connectivity index (χ4n) is 8.07. The number of nitrogens with zero attached hydrogens (tertiary/aromatic N) is 2. The molecule has 2 aliphatic heterocycles. The van der Waals surface area contributed by atoms with Crippen molar-refractivity contribution in [3.05, 3.63) is 111 Å². The van der Waals surface area contributed by atoms with Gasteiger partial charge in [-0.3, -0.25) is 14.6 Å². The second-order valence-electron chi connectivity index (χ2n) is 13.1. The van der Waals surface area contributed by atoms with Gasteiger partial charge in [0, 0.05) is 30.6 Å². The molecule has 3 aromatic carbocycles. The highest BCUT2D eigenvalue weighted by Gasteiger charge is 2.48. The molecule has 0 amide bonds. The smallest absolute Gasteiger partial charge is 0.220 e. The Morgan fingerprint density at radius 2 is 1.68 bits per heavy atom. The van der Waals surface area contributed by atoms with Crippen molar-refractivity contribution in [2.45, 2.75) is 57.0 Å². The molecule has 0 saturated heterocycles. The van der Waals surface area contributed by atoms with Gasteiger partial charge in [0.05, 0.1) is 14.2 Å². The van der Waals surface area contributed by atoms with Crippen molar-refractivity contribution in [2.24, 2.45) is 0 Å². The van der Waals surface area contributed by atoms with Gasteiger partial charge in [-0.25, -0.2) is 0 Å². The second-order valence-corrected chi connectivity index (χ2v) is 13.1. The molecule has 3 atom stereocenters. The van der Waals surface area contributed by atoms with E-state index in [2.05, 4.69) is 80.2 Å². The van der Waals surface area contributed by atoms with E-state index in [0.29, 0.717) is 17.6 Å². The van der Waals surface area contributed by atoms with Gasteiger partial charge in [0.1, 0.15) is 5.75 Å². The molecule has 4 aliphatic rings. The Labute approximate surface area is 260 Å². The van der Waals surface area contributed by atoms with E-state index in [1.54, 1.807) is 20.3 Å². The standard InChI is InChI=1S/C38H42N2O4/c1-23-16-27-12-15-40(4)31-21-38(37(24(23)2)36(27)31)13-10-32(41)35(22-38)44-28-9-7-8-25(17-28)18-30-29-20-34(43-6)33(42-5)19-26(29)11-14-39(30)3/h7-10,13,16-17,19-20,22,30-31H,11-12,14-15,18,21H2,1-6H3. The first kappa shape index (κ1) is 28.9. The van der Waals surface area contributed by atoms with Gasteiger partial charge in [-0.05, 0) is 135 Å². The lowest BCUT2D eigenvalue weighted by atomic mass is 9.75. The van der Waals surface area contributed by atoms with Crippen LogP contribution in [0.2, 0.25) is 0 Å². The molecule has 2 heterocycles. The molecule has 44 heavy (non-hydrogen) atoms.